The Hall–Kier alpha value is -1.58. The molecule has 2 rings (SSSR count). The average Bonchev–Trinajstić information content (AvgIpc) is 2.91. The van der Waals surface area contributed by atoms with E-state index in [2.05, 4.69) is 38.2 Å². The molecule has 108 valence electrons. The molecule has 1 atom stereocenters. The molecule has 1 aromatic carbocycles. The van der Waals surface area contributed by atoms with Crippen molar-refractivity contribution in [3.63, 3.8) is 0 Å². The van der Waals surface area contributed by atoms with Crippen molar-refractivity contribution >= 4 is 0 Å². The number of hydrogen-bond donors (Lipinski definition) is 1. The molecule has 1 heterocycles. The fraction of sp³-hybridized carbons (Fsp3) is 0.412. The van der Waals surface area contributed by atoms with Crippen LogP contribution < -0.4 is 5.32 Å². The lowest BCUT2D eigenvalue weighted by atomic mass is 10.1. The molecule has 0 saturated carbocycles. The normalized spacial score (nSPS) is 12.8. The first-order chi connectivity index (χ1) is 9.65. The number of rotatable bonds is 7. The van der Waals surface area contributed by atoms with Gasteiger partial charge in [-0.1, -0.05) is 44.2 Å². The molecule has 0 bridgehead atoms. The Balaban J connectivity index is 1.82. The van der Waals surface area contributed by atoms with Gasteiger partial charge in [0.1, 0.15) is 18.1 Å². The molecule has 0 aliphatic rings. The van der Waals surface area contributed by atoms with Crippen LogP contribution >= 0.6 is 0 Å². The fourth-order valence-corrected chi connectivity index (χ4v) is 1.93. The zero-order valence-electron chi connectivity index (χ0n) is 12.4. The molecule has 1 aromatic heterocycles. The zero-order chi connectivity index (χ0) is 14.4. The Morgan fingerprint density at radius 2 is 1.70 bits per heavy atom. The van der Waals surface area contributed by atoms with Crippen LogP contribution in [0.3, 0.4) is 0 Å². The molecule has 20 heavy (non-hydrogen) atoms. The molecule has 1 unspecified atom stereocenters. The van der Waals surface area contributed by atoms with Crippen LogP contribution in [0, 0.1) is 0 Å². The topological polar surface area (TPSA) is 34.4 Å². The molecule has 3 nitrogen and oxygen atoms in total. The molecule has 0 fully saturated rings. The van der Waals surface area contributed by atoms with Crippen LogP contribution in [0.15, 0.2) is 46.9 Å². The number of ether oxygens (including phenoxy) is 1. The molecular weight excluding hydrogens is 250 g/mol. The van der Waals surface area contributed by atoms with Gasteiger partial charge in [0.25, 0.3) is 0 Å². The molecular formula is C17H23NO2. The fourth-order valence-electron chi connectivity index (χ4n) is 1.93. The van der Waals surface area contributed by atoms with Crippen LogP contribution in [-0.2, 0) is 17.9 Å². The van der Waals surface area contributed by atoms with E-state index in [9.17, 15) is 0 Å². The molecule has 0 aliphatic heterocycles. The van der Waals surface area contributed by atoms with Crippen molar-refractivity contribution in [1.29, 1.82) is 0 Å². The van der Waals surface area contributed by atoms with Crippen LogP contribution in [0.1, 0.15) is 44.0 Å². The zero-order valence-corrected chi connectivity index (χ0v) is 12.4. The van der Waals surface area contributed by atoms with E-state index in [0.717, 1.165) is 18.1 Å². The highest BCUT2D eigenvalue weighted by molar-refractivity contribution is 5.17. The van der Waals surface area contributed by atoms with E-state index in [4.69, 9.17) is 9.15 Å². The standard InChI is InChI=1S/C17H23NO2/c1-13(2)18-11-16-9-10-17(20-16)12-19-14(3)15-7-5-4-6-8-15/h4-10,13-14,18H,11-12H2,1-3H3. The van der Waals surface area contributed by atoms with Gasteiger partial charge in [-0.25, -0.2) is 0 Å². The Morgan fingerprint density at radius 3 is 2.40 bits per heavy atom. The molecule has 0 saturated heterocycles. The lowest BCUT2D eigenvalue weighted by molar-refractivity contribution is 0.0414. The summed E-state index contributed by atoms with van der Waals surface area (Å²) in [6.07, 6.45) is 0.0681. The second-order valence-corrected chi connectivity index (χ2v) is 5.27. The second kappa shape index (κ2) is 7.27. The van der Waals surface area contributed by atoms with Gasteiger partial charge in [-0.3, -0.25) is 0 Å². The summed E-state index contributed by atoms with van der Waals surface area (Å²) in [5.74, 6) is 1.82. The summed E-state index contributed by atoms with van der Waals surface area (Å²) in [5.41, 5.74) is 1.18. The molecule has 0 aliphatic carbocycles. The minimum Gasteiger partial charge on any atom is -0.462 e. The highest BCUT2D eigenvalue weighted by Crippen LogP contribution is 2.19. The van der Waals surface area contributed by atoms with Crippen LogP contribution in [0.25, 0.3) is 0 Å². The maximum atomic E-state index is 5.84. The van der Waals surface area contributed by atoms with Crippen LogP contribution in [0.5, 0.6) is 0 Å². The van der Waals surface area contributed by atoms with E-state index in [0.29, 0.717) is 12.6 Å². The number of benzene rings is 1. The average molecular weight is 273 g/mol. The highest BCUT2D eigenvalue weighted by atomic mass is 16.5. The SMILES string of the molecule is CC(C)NCc1ccc(COC(C)c2ccccc2)o1. The third kappa shape index (κ3) is 4.51. The van der Waals surface area contributed by atoms with Crippen molar-refractivity contribution in [1.82, 2.24) is 5.32 Å². The largest absolute Gasteiger partial charge is 0.462 e. The predicted molar refractivity (Wildman–Crippen MR) is 80.3 cm³/mol. The lowest BCUT2D eigenvalue weighted by Crippen LogP contribution is -2.21. The number of furan rings is 1. The summed E-state index contributed by atoms with van der Waals surface area (Å²) in [5, 5.41) is 3.33. The lowest BCUT2D eigenvalue weighted by Gasteiger charge is -2.12. The third-order valence-electron chi connectivity index (χ3n) is 3.15. The highest BCUT2D eigenvalue weighted by Gasteiger charge is 2.08. The smallest absolute Gasteiger partial charge is 0.129 e. The summed E-state index contributed by atoms with van der Waals surface area (Å²) in [4.78, 5) is 0. The van der Waals surface area contributed by atoms with Gasteiger partial charge < -0.3 is 14.5 Å². The Kier molecular flexibility index (Phi) is 5.39. The summed E-state index contributed by atoms with van der Waals surface area (Å²) in [7, 11) is 0. The number of nitrogens with one attached hydrogen (secondary N) is 1. The van der Waals surface area contributed by atoms with Crippen molar-refractivity contribution in [3.05, 3.63) is 59.5 Å². The van der Waals surface area contributed by atoms with Crippen molar-refractivity contribution in [3.8, 4) is 0 Å². The minimum absolute atomic E-state index is 0.0681. The first kappa shape index (κ1) is 14.8. The first-order valence-corrected chi connectivity index (χ1v) is 7.12. The van der Waals surface area contributed by atoms with Crippen molar-refractivity contribution in [2.24, 2.45) is 0 Å². The Bertz CT molecular complexity index is 505. The van der Waals surface area contributed by atoms with Gasteiger partial charge in [0.05, 0.1) is 12.6 Å². The number of hydrogen-bond acceptors (Lipinski definition) is 3. The Morgan fingerprint density at radius 1 is 1.00 bits per heavy atom. The van der Waals surface area contributed by atoms with Gasteiger partial charge in [0.2, 0.25) is 0 Å². The van der Waals surface area contributed by atoms with E-state index in [1.165, 1.54) is 5.56 Å². The molecule has 0 amide bonds. The molecule has 1 N–H and O–H groups in total. The van der Waals surface area contributed by atoms with Crippen molar-refractivity contribution < 1.29 is 9.15 Å². The summed E-state index contributed by atoms with van der Waals surface area (Å²) < 4.78 is 11.6. The summed E-state index contributed by atoms with van der Waals surface area (Å²) >= 11 is 0. The molecule has 2 aromatic rings. The van der Waals surface area contributed by atoms with E-state index in [1.807, 2.05) is 30.3 Å². The quantitative estimate of drug-likeness (QED) is 0.826. The molecule has 0 radical (unpaired) electrons. The third-order valence-corrected chi connectivity index (χ3v) is 3.15. The van der Waals surface area contributed by atoms with E-state index < -0.39 is 0 Å². The van der Waals surface area contributed by atoms with Gasteiger partial charge in [0, 0.05) is 6.04 Å². The minimum atomic E-state index is 0.0681. The first-order valence-electron chi connectivity index (χ1n) is 7.12. The van der Waals surface area contributed by atoms with Gasteiger partial charge in [-0.15, -0.1) is 0 Å². The second-order valence-electron chi connectivity index (χ2n) is 5.27. The van der Waals surface area contributed by atoms with Crippen LogP contribution in [-0.4, -0.2) is 6.04 Å². The Labute approximate surface area is 121 Å². The van der Waals surface area contributed by atoms with Gasteiger partial charge >= 0.3 is 0 Å². The van der Waals surface area contributed by atoms with Gasteiger partial charge in [0.15, 0.2) is 0 Å². The summed E-state index contributed by atoms with van der Waals surface area (Å²) in [6.45, 7) is 7.55. The van der Waals surface area contributed by atoms with Crippen LogP contribution in [0.4, 0.5) is 0 Å². The molecule has 3 heteroatoms. The van der Waals surface area contributed by atoms with E-state index >= 15 is 0 Å². The monoisotopic (exact) mass is 273 g/mol. The van der Waals surface area contributed by atoms with E-state index in [1.54, 1.807) is 0 Å². The molecule has 0 spiro atoms. The van der Waals surface area contributed by atoms with Crippen LogP contribution in [0.2, 0.25) is 0 Å². The maximum absolute atomic E-state index is 5.84. The van der Waals surface area contributed by atoms with Gasteiger partial charge in [-0.2, -0.15) is 0 Å². The van der Waals surface area contributed by atoms with Gasteiger partial charge in [-0.05, 0) is 24.6 Å². The predicted octanol–water partition coefficient (Wildman–Crippen LogP) is 4.06. The van der Waals surface area contributed by atoms with Crippen molar-refractivity contribution in [2.45, 2.75) is 46.1 Å². The summed E-state index contributed by atoms with van der Waals surface area (Å²) in [6, 6.07) is 14.6. The van der Waals surface area contributed by atoms with E-state index in [-0.39, 0.29) is 6.10 Å². The van der Waals surface area contributed by atoms with Crippen molar-refractivity contribution in [2.75, 3.05) is 0 Å². The maximum Gasteiger partial charge on any atom is 0.129 e.